The van der Waals surface area contributed by atoms with Crippen LogP contribution in [0.25, 0.3) is 6.08 Å². The van der Waals surface area contributed by atoms with Crippen LogP contribution in [0, 0.1) is 13.8 Å². The second-order valence-electron chi connectivity index (χ2n) is 7.17. The van der Waals surface area contributed by atoms with Crippen molar-refractivity contribution in [1.29, 1.82) is 0 Å². The first-order valence-corrected chi connectivity index (χ1v) is 10.6. The molecule has 0 fully saturated rings. The first-order chi connectivity index (χ1) is 15.0. The van der Waals surface area contributed by atoms with Crippen molar-refractivity contribution in [2.75, 3.05) is 5.32 Å². The lowest BCUT2D eigenvalue weighted by molar-refractivity contribution is -0.111. The summed E-state index contributed by atoms with van der Waals surface area (Å²) in [6.07, 6.45) is 6.74. The Morgan fingerprint density at radius 3 is 2.71 bits per heavy atom. The number of aromatic nitrogens is 4. The molecule has 4 rings (SSSR count). The van der Waals surface area contributed by atoms with E-state index in [0.717, 1.165) is 38.5 Å². The van der Waals surface area contributed by atoms with Gasteiger partial charge in [-0.05, 0) is 79.7 Å². The summed E-state index contributed by atoms with van der Waals surface area (Å²) in [6, 6.07) is 13.6. The predicted molar refractivity (Wildman–Crippen MR) is 121 cm³/mol. The van der Waals surface area contributed by atoms with Crippen LogP contribution in [0.1, 0.15) is 22.7 Å². The summed E-state index contributed by atoms with van der Waals surface area (Å²) in [5.41, 5.74) is 3.95. The van der Waals surface area contributed by atoms with Gasteiger partial charge >= 0.3 is 0 Å². The van der Waals surface area contributed by atoms with E-state index in [4.69, 9.17) is 4.42 Å². The van der Waals surface area contributed by atoms with E-state index in [1.807, 2.05) is 67.9 Å². The Bertz CT molecular complexity index is 1200. The molecule has 3 heterocycles. The second-order valence-corrected chi connectivity index (χ2v) is 8.21. The molecule has 31 heavy (non-hydrogen) atoms. The molecule has 0 saturated heterocycles. The van der Waals surface area contributed by atoms with E-state index in [1.54, 1.807) is 18.7 Å². The molecule has 4 aromatic rings. The molecule has 0 aliphatic carbocycles. The summed E-state index contributed by atoms with van der Waals surface area (Å²) < 4.78 is 9.48. The van der Waals surface area contributed by atoms with Crippen molar-refractivity contribution in [2.45, 2.75) is 30.4 Å². The highest BCUT2D eigenvalue weighted by atomic mass is 32.2. The Hall–Kier alpha value is -3.52. The zero-order chi connectivity index (χ0) is 21.8. The van der Waals surface area contributed by atoms with Crippen LogP contribution in [0.2, 0.25) is 0 Å². The van der Waals surface area contributed by atoms with E-state index in [2.05, 4.69) is 26.1 Å². The van der Waals surface area contributed by atoms with Crippen LogP contribution in [0.15, 0.2) is 75.6 Å². The zero-order valence-corrected chi connectivity index (χ0v) is 18.4. The van der Waals surface area contributed by atoms with Gasteiger partial charge in [-0.15, -0.1) is 10.2 Å². The van der Waals surface area contributed by atoms with Crippen LogP contribution in [-0.4, -0.2) is 25.2 Å². The number of anilines is 1. The Balaban J connectivity index is 1.38. The van der Waals surface area contributed by atoms with Gasteiger partial charge in [-0.1, -0.05) is 0 Å². The van der Waals surface area contributed by atoms with Gasteiger partial charge in [0.1, 0.15) is 12.1 Å². The van der Waals surface area contributed by atoms with Crippen molar-refractivity contribution in [2.24, 2.45) is 7.05 Å². The lowest BCUT2D eigenvalue weighted by Gasteiger charge is -2.07. The van der Waals surface area contributed by atoms with E-state index in [-0.39, 0.29) is 5.91 Å². The fourth-order valence-electron chi connectivity index (χ4n) is 3.22. The monoisotopic (exact) mass is 433 g/mol. The molecular formula is C23H23N5O2S. The van der Waals surface area contributed by atoms with Gasteiger partial charge in [0.2, 0.25) is 5.91 Å². The third-order valence-corrected chi connectivity index (χ3v) is 5.98. The molecule has 3 aromatic heterocycles. The number of carbonyl (C=O) groups is 1. The molecular weight excluding hydrogens is 410 g/mol. The first kappa shape index (κ1) is 20.7. The average Bonchev–Trinajstić information content (AvgIpc) is 3.47. The highest BCUT2D eigenvalue weighted by Crippen LogP contribution is 2.26. The molecule has 1 N–H and O–H groups in total. The SMILES string of the molecule is Cc1cc(/C=C/C(=O)Nc2ccc(Sc3nncn3C)cc2)c(C)n1Cc1ccco1. The van der Waals surface area contributed by atoms with Crippen molar-refractivity contribution >= 4 is 29.4 Å². The van der Waals surface area contributed by atoms with Gasteiger partial charge in [0, 0.05) is 35.1 Å². The summed E-state index contributed by atoms with van der Waals surface area (Å²) >= 11 is 1.52. The van der Waals surface area contributed by atoms with Gasteiger partial charge in [0.15, 0.2) is 5.16 Å². The van der Waals surface area contributed by atoms with Crippen molar-refractivity contribution < 1.29 is 9.21 Å². The van der Waals surface area contributed by atoms with E-state index >= 15 is 0 Å². The average molecular weight is 434 g/mol. The number of hydrogen-bond donors (Lipinski definition) is 1. The largest absolute Gasteiger partial charge is 0.467 e. The van der Waals surface area contributed by atoms with Gasteiger partial charge < -0.3 is 18.9 Å². The summed E-state index contributed by atoms with van der Waals surface area (Å²) in [7, 11) is 1.90. The van der Waals surface area contributed by atoms with Crippen LogP contribution in [-0.2, 0) is 18.4 Å². The number of hydrogen-bond acceptors (Lipinski definition) is 5. The molecule has 0 spiro atoms. The molecule has 1 aromatic carbocycles. The Morgan fingerprint density at radius 1 is 1.23 bits per heavy atom. The number of furan rings is 1. The van der Waals surface area contributed by atoms with E-state index in [1.165, 1.54) is 11.8 Å². The standard InChI is InChI=1S/C23H23N5O2S/c1-16-13-18(17(2)28(16)14-20-5-4-12-30-20)6-11-22(29)25-19-7-9-21(10-8-19)31-23-26-24-15-27(23)3/h4-13,15H,14H2,1-3H3,(H,25,29)/b11-6+. The number of amides is 1. The molecule has 7 nitrogen and oxygen atoms in total. The van der Waals surface area contributed by atoms with Crippen molar-refractivity contribution in [1.82, 2.24) is 19.3 Å². The maximum Gasteiger partial charge on any atom is 0.248 e. The van der Waals surface area contributed by atoms with E-state index in [0.29, 0.717) is 6.54 Å². The third-order valence-electron chi connectivity index (χ3n) is 4.92. The quantitative estimate of drug-likeness (QED) is 0.428. The van der Waals surface area contributed by atoms with Gasteiger partial charge in [0.25, 0.3) is 0 Å². The van der Waals surface area contributed by atoms with Crippen LogP contribution in [0.4, 0.5) is 5.69 Å². The minimum atomic E-state index is -0.176. The second kappa shape index (κ2) is 9.09. The number of nitrogens with zero attached hydrogens (tertiary/aromatic N) is 4. The fourth-order valence-corrected chi connectivity index (χ4v) is 3.99. The number of rotatable bonds is 7. The number of aryl methyl sites for hydroxylation is 2. The van der Waals surface area contributed by atoms with Crippen LogP contribution >= 0.6 is 11.8 Å². The van der Waals surface area contributed by atoms with E-state index in [9.17, 15) is 4.79 Å². The van der Waals surface area contributed by atoms with Crippen molar-refractivity contribution in [3.05, 3.63) is 83.8 Å². The van der Waals surface area contributed by atoms with Crippen molar-refractivity contribution in [3.63, 3.8) is 0 Å². The smallest absolute Gasteiger partial charge is 0.248 e. The lowest BCUT2D eigenvalue weighted by atomic mass is 10.2. The maximum atomic E-state index is 12.4. The molecule has 0 unspecified atom stereocenters. The zero-order valence-electron chi connectivity index (χ0n) is 17.6. The van der Waals surface area contributed by atoms with Gasteiger partial charge in [0.05, 0.1) is 12.8 Å². The molecule has 0 bridgehead atoms. The molecule has 8 heteroatoms. The molecule has 0 saturated carbocycles. The fraction of sp³-hybridized carbons (Fsp3) is 0.174. The maximum absolute atomic E-state index is 12.4. The lowest BCUT2D eigenvalue weighted by Crippen LogP contribution is -2.07. The summed E-state index contributed by atoms with van der Waals surface area (Å²) in [5.74, 6) is 0.723. The number of nitrogens with one attached hydrogen (secondary N) is 1. The molecule has 0 atom stereocenters. The van der Waals surface area contributed by atoms with Gasteiger partial charge in [-0.2, -0.15) is 0 Å². The van der Waals surface area contributed by atoms with Crippen LogP contribution < -0.4 is 5.32 Å². The Kier molecular flexibility index (Phi) is 6.08. The van der Waals surface area contributed by atoms with Gasteiger partial charge in [-0.3, -0.25) is 4.79 Å². The normalized spacial score (nSPS) is 11.3. The predicted octanol–water partition coefficient (Wildman–Crippen LogP) is 4.68. The topological polar surface area (TPSA) is 77.9 Å². The number of benzene rings is 1. The summed E-state index contributed by atoms with van der Waals surface area (Å²) in [4.78, 5) is 13.4. The third kappa shape index (κ3) is 4.97. The highest BCUT2D eigenvalue weighted by Gasteiger charge is 2.09. The highest BCUT2D eigenvalue weighted by molar-refractivity contribution is 7.99. The summed E-state index contributed by atoms with van der Waals surface area (Å²) in [5, 5.41) is 11.6. The molecule has 1 amide bonds. The minimum Gasteiger partial charge on any atom is -0.467 e. The molecule has 0 aliphatic heterocycles. The van der Waals surface area contributed by atoms with Crippen LogP contribution in [0.3, 0.4) is 0 Å². The molecule has 0 radical (unpaired) electrons. The minimum absolute atomic E-state index is 0.176. The first-order valence-electron chi connectivity index (χ1n) is 9.79. The summed E-state index contributed by atoms with van der Waals surface area (Å²) in [6.45, 7) is 4.76. The molecule has 0 aliphatic rings. The van der Waals surface area contributed by atoms with Crippen molar-refractivity contribution in [3.8, 4) is 0 Å². The van der Waals surface area contributed by atoms with Gasteiger partial charge in [-0.25, -0.2) is 0 Å². The van der Waals surface area contributed by atoms with Crippen LogP contribution in [0.5, 0.6) is 0 Å². The Morgan fingerprint density at radius 2 is 2.03 bits per heavy atom. The number of carbonyl (C=O) groups excluding carboxylic acids is 1. The Labute approximate surface area is 184 Å². The van der Waals surface area contributed by atoms with E-state index < -0.39 is 0 Å². The molecule has 158 valence electrons.